The highest BCUT2D eigenvalue weighted by Crippen LogP contribution is 2.40. The fourth-order valence-corrected chi connectivity index (χ4v) is 5.15. The molecule has 0 bridgehead atoms. The average Bonchev–Trinajstić information content (AvgIpc) is 3.30. The summed E-state index contributed by atoms with van der Waals surface area (Å²) in [5.41, 5.74) is 7.35. The molecule has 2 N–H and O–H groups in total. The molecule has 29 heavy (non-hydrogen) atoms. The van der Waals surface area contributed by atoms with E-state index in [4.69, 9.17) is 5.73 Å². The SMILES string of the molecule is Cc1c(N2CCC([C@H](C)N)C2)c(F)cc2cc(S(C)(=O)=O)c(=O)n(C3CC3)c12.Cl. The van der Waals surface area contributed by atoms with E-state index >= 15 is 4.39 Å². The van der Waals surface area contributed by atoms with E-state index in [-0.39, 0.29) is 29.4 Å². The van der Waals surface area contributed by atoms with E-state index in [2.05, 4.69) is 0 Å². The number of sulfone groups is 1. The quantitative estimate of drug-likeness (QED) is 0.785. The van der Waals surface area contributed by atoms with Crippen molar-refractivity contribution >= 4 is 38.8 Å². The van der Waals surface area contributed by atoms with Crippen LogP contribution in [0, 0.1) is 18.7 Å². The summed E-state index contributed by atoms with van der Waals surface area (Å²) in [5, 5.41) is 0.452. The maximum Gasteiger partial charge on any atom is 0.270 e. The lowest BCUT2D eigenvalue weighted by atomic mass is 10.0. The number of hydrogen-bond acceptors (Lipinski definition) is 5. The number of hydrogen-bond donors (Lipinski definition) is 1. The summed E-state index contributed by atoms with van der Waals surface area (Å²) >= 11 is 0. The molecule has 2 atom stereocenters. The molecular formula is C20H27ClFN3O3S. The minimum absolute atomic E-state index is 0. The van der Waals surface area contributed by atoms with Crippen LogP contribution in [0.25, 0.3) is 10.9 Å². The Morgan fingerprint density at radius 2 is 1.90 bits per heavy atom. The van der Waals surface area contributed by atoms with Crippen LogP contribution in [-0.2, 0) is 9.84 Å². The zero-order chi connectivity index (χ0) is 20.4. The molecule has 1 aliphatic carbocycles. The third kappa shape index (κ3) is 3.78. The molecule has 2 fully saturated rings. The van der Waals surface area contributed by atoms with Crippen molar-refractivity contribution in [2.24, 2.45) is 11.7 Å². The topological polar surface area (TPSA) is 85.4 Å². The van der Waals surface area contributed by atoms with Crippen molar-refractivity contribution < 1.29 is 12.8 Å². The first kappa shape index (κ1) is 22.1. The number of fused-ring (bicyclic) bond motifs is 1. The summed E-state index contributed by atoms with van der Waals surface area (Å²) < 4.78 is 40.9. The number of nitrogens with two attached hydrogens (primary N) is 1. The van der Waals surface area contributed by atoms with Crippen molar-refractivity contribution in [1.82, 2.24) is 4.57 Å². The molecule has 6 nitrogen and oxygen atoms in total. The molecule has 2 aliphatic rings. The second kappa shape index (κ2) is 7.56. The minimum atomic E-state index is -3.70. The molecule has 0 amide bonds. The van der Waals surface area contributed by atoms with Crippen LogP contribution in [0.4, 0.5) is 10.1 Å². The van der Waals surface area contributed by atoms with Gasteiger partial charge in [-0.1, -0.05) is 0 Å². The van der Waals surface area contributed by atoms with Gasteiger partial charge in [0.05, 0.1) is 11.2 Å². The van der Waals surface area contributed by atoms with Crippen LogP contribution >= 0.6 is 12.4 Å². The van der Waals surface area contributed by atoms with Gasteiger partial charge in [-0.3, -0.25) is 4.79 Å². The third-order valence-electron chi connectivity index (χ3n) is 6.05. The van der Waals surface area contributed by atoms with Crippen molar-refractivity contribution in [3.8, 4) is 0 Å². The van der Waals surface area contributed by atoms with Crippen molar-refractivity contribution in [2.45, 2.75) is 50.1 Å². The predicted octanol–water partition coefficient (Wildman–Crippen LogP) is 2.78. The molecule has 1 unspecified atom stereocenters. The molecule has 0 spiro atoms. The highest BCUT2D eigenvalue weighted by Gasteiger charge is 2.33. The van der Waals surface area contributed by atoms with Gasteiger partial charge in [0.1, 0.15) is 10.7 Å². The Kier molecular flexibility index (Phi) is 5.75. The summed E-state index contributed by atoms with van der Waals surface area (Å²) in [4.78, 5) is 14.7. The predicted molar refractivity (Wildman–Crippen MR) is 116 cm³/mol. The molecule has 2 heterocycles. The van der Waals surface area contributed by atoms with Crippen LogP contribution in [-0.4, -0.2) is 38.4 Å². The third-order valence-corrected chi connectivity index (χ3v) is 7.14. The van der Waals surface area contributed by atoms with Gasteiger partial charge in [-0.15, -0.1) is 12.4 Å². The first-order valence-corrected chi connectivity index (χ1v) is 11.6. The van der Waals surface area contributed by atoms with E-state index in [0.29, 0.717) is 41.2 Å². The smallest absolute Gasteiger partial charge is 0.270 e. The Hall–Kier alpha value is -1.64. The summed E-state index contributed by atoms with van der Waals surface area (Å²) in [6.07, 6.45) is 3.56. The molecule has 1 saturated carbocycles. The summed E-state index contributed by atoms with van der Waals surface area (Å²) in [5.74, 6) is -0.0940. The monoisotopic (exact) mass is 443 g/mol. The van der Waals surface area contributed by atoms with Crippen molar-refractivity contribution in [3.63, 3.8) is 0 Å². The lowest BCUT2D eigenvalue weighted by Gasteiger charge is -2.25. The Morgan fingerprint density at radius 3 is 2.41 bits per heavy atom. The molecule has 1 saturated heterocycles. The molecule has 0 radical (unpaired) electrons. The molecule has 1 aromatic carbocycles. The maximum absolute atomic E-state index is 15.1. The van der Waals surface area contributed by atoms with Crippen molar-refractivity contribution in [1.29, 1.82) is 0 Å². The van der Waals surface area contributed by atoms with E-state index in [0.717, 1.165) is 25.5 Å². The van der Waals surface area contributed by atoms with Gasteiger partial charge < -0.3 is 15.2 Å². The highest BCUT2D eigenvalue weighted by molar-refractivity contribution is 7.90. The minimum Gasteiger partial charge on any atom is -0.369 e. The Morgan fingerprint density at radius 1 is 1.24 bits per heavy atom. The van der Waals surface area contributed by atoms with Gasteiger partial charge in [0.25, 0.3) is 5.56 Å². The molecule has 1 aromatic heterocycles. The Balaban J connectivity index is 0.00000240. The van der Waals surface area contributed by atoms with Crippen LogP contribution in [0.5, 0.6) is 0 Å². The summed E-state index contributed by atoms with van der Waals surface area (Å²) in [6, 6.07) is 2.70. The van der Waals surface area contributed by atoms with E-state index in [1.165, 1.54) is 12.1 Å². The van der Waals surface area contributed by atoms with Crippen molar-refractivity contribution in [3.05, 3.63) is 33.9 Å². The summed E-state index contributed by atoms with van der Waals surface area (Å²) in [7, 11) is -3.70. The summed E-state index contributed by atoms with van der Waals surface area (Å²) in [6.45, 7) is 5.17. The molecule has 9 heteroatoms. The number of benzene rings is 1. The van der Waals surface area contributed by atoms with Gasteiger partial charge in [-0.05, 0) is 56.7 Å². The largest absolute Gasteiger partial charge is 0.369 e. The standard InChI is InChI=1S/C20H26FN3O3S.ClH/c1-11-18-14(8-16(21)19(11)23-7-6-13(10-23)12(2)22)9-17(28(3,26)27)20(25)24(18)15-4-5-15;/h8-9,12-13,15H,4-7,10,22H2,1-3H3;1H/t12-,13?;/m0./s1. The Labute approximate surface area is 176 Å². The van der Waals surface area contributed by atoms with Crippen LogP contribution in [0.3, 0.4) is 0 Å². The van der Waals surface area contributed by atoms with Gasteiger partial charge in [0.15, 0.2) is 9.84 Å². The number of anilines is 1. The van der Waals surface area contributed by atoms with Gasteiger partial charge >= 0.3 is 0 Å². The lowest BCUT2D eigenvalue weighted by molar-refractivity contribution is 0.487. The first-order chi connectivity index (χ1) is 13.1. The van der Waals surface area contributed by atoms with Gasteiger partial charge in [-0.25, -0.2) is 12.8 Å². The van der Waals surface area contributed by atoms with E-state index in [1.807, 2.05) is 18.7 Å². The van der Waals surface area contributed by atoms with Gasteiger partial charge in [-0.2, -0.15) is 0 Å². The highest BCUT2D eigenvalue weighted by atomic mass is 35.5. The Bertz CT molecular complexity index is 1130. The molecule has 4 rings (SSSR count). The van der Waals surface area contributed by atoms with E-state index in [1.54, 1.807) is 4.57 Å². The van der Waals surface area contributed by atoms with E-state index < -0.39 is 21.2 Å². The number of halogens is 2. The average molecular weight is 444 g/mol. The fraction of sp³-hybridized carbons (Fsp3) is 0.550. The zero-order valence-electron chi connectivity index (χ0n) is 16.8. The normalized spacial score (nSPS) is 20.7. The molecule has 1 aliphatic heterocycles. The van der Waals surface area contributed by atoms with Gasteiger partial charge in [0, 0.05) is 36.8 Å². The number of aryl methyl sites for hydroxylation is 1. The van der Waals surface area contributed by atoms with Crippen molar-refractivity contribution in [2.75, 3.05) is 24.2 Å². The van der Waals surface area contributed by atoms with E-state index in [9.17, 15) is 13.2 Å². The second-order valence-corrected chi connectivity index (χ2v) is 10.3. The molecule has 160 valence electrons. The van der Waals surface area contributed by atoms with Gasteiger partial charge in [0.2, 0.25) is 0 Å². The maximum atomic E-state index is 15.1. The number of aromatic nitrogens is 1. The second-order valence-electron chi connectivity index (χ2n) is 8.31. The van der Waals surface area contributed by atoms with Crippen LogP contribution in [0.15, 0.2) is 21.8 Å². The number of nitrogens with zero attached hydrogens (tertiary/aromatic N) is 2. The number of pyridine rings is 1. The lowest BCUT2D eigenvalue weighted by Crippen LogP contribution is -2.30. The fourth-order valence-electron chi connectivity index (χ4n) is 4.39. The number of rotatable bonds is 4. The first-order valence-electron chi connectivity index (χ1n) is 9.68. The molecular weight excluding hydrogens is 417 g/mol. The van der Waals surface area contributed by atoms with Crippen LogP contribution in [0.1, 0.15) is 37.8 Å². The van der Waals surface area contributed by atoms with Crippen LogP contribution in [0.2, 0.25) is 0 Å². The van der Waals surface area contributed by atoms with Crippen LogP contribution < -0.4 is 16.2 Å². The molecule has 2 aromatic rings. The zero-order valence-corrected chi connectivity index (χ0v) is 18.4.